The van der Waals surface area contributed by atoms with Gasteiger partial charge in [-0.15, -0.1) is 0 Å². The SMILES string of the molecule is CCCCCCOC1CC(CC)CCC1NC. The first-order valence-corrected chi connectivity index (χ1v) is 7.60. The van der Waals surface area contributed by atoms with E-state index in [0.29, 0.717) is 12.1 Å². The summed E-state index contributed by atoms with van der Waals surface area (Å²) in [5, 5.41) is 3.43. The van der Waals surface area contributed by atoms with Crippen LogP contribution < -0.4 is 5.32 Å². The molecule has 2 nitrogen and oxygen atoms in total. The number of ether oxygens (including phenoxy) is 1. The Balaban J connectivity index is 2.21. The minimum Gasteiger partial charge on any atom is -0.377 e. The molecule has 1 aliphatic rings. The topological polar surface area (TPSA) is 21.3 Å². The van der Waals surface area contributed by atoms with Gasteiger partial charge in [0.25, 0.3) is 0 Å². The molecule has 3 unspecified atom stereocenters. The fourth-order valence-corrected chi connectivity index (χ4v) is 2.86. The second-order valence-electron chi connectivity index (χ2n) is 5.45. The van der Waals surface area contributed by atoms with Gasteiger partial charge in [0.05, 0.1) is 6.10 Å². The van der Waals surface area contributed by atoms with Gasteiger partial charge in [-0.25, -0.2) is 0 Å². The molecule has 3 atom stereocenters. The Bertz CT molecular complexity index is 184. The number of unbranched alkanes of at least 4 members (excludes halogenated alkanes) is 3. The minimum atomic E-state index is 0.459. The van der Waals surface area contributed by atoms with E-state index in [4.69, 9.17) is 4.74 Å². The second-order valence-corrected chi connectivity index (χ2v) is 5.45. The molecule has 0 bridgehead atoms. The molecule has 102 valence electrons. The molecule has 17 heavy (non-hydrogen) atoms. The Morgan fingerprint density at radius 1 is 1.12 bits per heavy atom. The minimum absolute atomic E-state index is 0.459. The summed E-state index contributed by atoms with van der Waals surface area (Å²) >= 11 is 0. The van der Waals surface area contributed by atoms with Crippen molar-refractivity contribution < 1.29 is 4.74 Å². The standard InChI is InChI=1S/C15H31NO/c1-4-6-7-8-11-17-15-12-13(5-2)9-10-14(15)16-3/h13-16H,4-12H2,1-3H3. The van der Waals surface area contributed by atoms with Gasteiger partial charge < -0.3 is 10.1 Å². The van der Waals surface area contributed by atoms with Crippen LogP contribution in [-0.2, 0) is 4.74 Å². The Hall–Kier alpha value is -0.0800. The van der Waals surface area contributed by atoms with Crippen molar-refractivity contribution in [2.24, 2.45) is 5.92 Å². The van der Waals surface area contributed by atoms with Crippen molar-refractivity contribution in [3.63, 3.8) is 0 Å². The number of likely N-dealkylation sites (N-methyl/N-ethyl adjacent to an activating group) is 1. The van der Waals surface area contributed by atoms with Crippen LogP contribution in [-0.4, -0.2) is 25.8 Å². The summed E-state index contributed by atoms with van der Waals surface area (Å²) in [6, 6.07) is 0.587. The Labute approximate surface area is 108 Å². The molecule has 0 aromatic heterocycles. The van der Waals surface area contributed by atoms with Crippen LogP contribution in [0, 0.1) is 5.92 Å². The Kier molecular flexibility index (Phi) is 7.87. The van der Waals surface area contributed by atoms with E-state index in [1.165, 1.54) is 51.4 Å². The molecular formula is C15H31NO. The summed E-state index contributed by atoms with van der Waals surface area (Å²) in [4.78, 5) is 0. The van der Waals surface area contributed by atoms with E-state index in [1.54, 1.807) is 0 Å². The van der Waals surface area contributed by atoms with Crippen LogP contribution in [0.4, 0.5) is 0 Å². The molecule has 1 N–H and O–H groups in total. The molecule has 0 aliphatic heterocycles. The van der Waals surface area contributed by atoms with Gasteiger partial charge in [0.15, 0.2) is 0 Å². The normalized spacial score (nSPS) is 29.5. The molecule has 0 spiro atoms. The van der Waals surface area contributed by atoms with Crippen molar-refractivity contribution >= 4 is 0 Å². The van der Waals surface area contributed by atoms with E-state index in [1.807, 2.05) is 0 Å². The molecule has 0 heterocycles. The third-order valence-electron chi connectivity index (χ3n) is 4.18. The number of hydrogen-bond donors (Lipinski definition) is 1. The van der Waals surface area contributed by atoms with Crippen LogP contribution in [0.3, 0.4) is 0 Å². The third kappa shape index (κ3) is 5.39. The highest BCUT2D eigenvalue weighted by Crippen LogP contribution is 2.28. The number of rotatable bonds is 8. The van der Waals surface area contributed by atoms with Crippen molar-refractivity contribution in [1.29, 1.82) is 0 Å². The van der Waals surface area contributed by atoms with Crippen molar-refractivity contribution in [1.82, 2.24) is 5.32 Å². The number of hydrogen-bond acceptors (Lipinski definition) is 2. The van der Waals surface area contributed by atoms with Gasteiger partial charge >= 0.3 is 0 Å². The number of nitrogens with one attached hydrogen (secondary N) is 1. The first-order chi connectivity index (χ1) is 8.31. The molecule has 1 saturated carbocycles. The zero-order chi connectivity index (χ0) is 12.5. The lowest BCUT2D eigenvalue weighted by atomic mass is 9.82. The fraction of sp³-hybridized carbons (Fsp3) is 1.00. The lowest BCUT2D eigenvalue weighted by Gasteiger charge is -2.35. The summed E-state index contributed by atoms with van der Waals surface area (Å²) in [7, 11) is 2.07. The van der Waals surface area contributed by atoms with Crippen LogP contribution in [0.1, 0.15) is 65.2 Å². The van der Waals surface area contributed by atoms with Crippen LogP contribution >= 0.6 is 0 Å². The molecule has 2 heteroatoms. The van der Waals surface area contributed by atoms with Gasteiger partial charge in [0, 0.05) is 12.6 Å². The maximum absolute atomic E-state index is 6.10. The van der Waals surface area contributed by atoms with Gasteiger partial charge in [0.2, 0.25) is 0 Å². The molecule has 0 radical (unpaired) electrons. The first kappa shape index (κ1) is 15.0. The maximum atomic E-state index is 6.10. The summed E-state index contributed by atoms with van der Waals surface area (Å²) in [5.41, 5.74) is 0. The monoisotopic (exact) mass is 241 g/mol. The highest BCUT2D eigenvalue weighted by molar-refractivity contribution is 4.84. The Morgan fingerprint density at radius 2 is 1.94 bits per heavy atom. The van der Waals surface area contributed by atoms with E-state index >= 15 is 0 Å². The largest absolute Gasteiger partial charge is 0.377 e. The van der Waals surface area contributed by atoms with E-state index in [-0.39, 0.29) is 0 Å². The Morgan fingerprint density at radius 3 is 2.59 bits per heavy atom. The van der Waals surface area contributed by atoms with Crippen LogP contribution in [0.15, 0.2) is 0 Å². The summed E-state index contributed by atoms with van der Waals surface area (Å²) in [6.45, 7) is 5.52. The molecule has 0 amide bonds. The predicted octanol–water partition coefficient (Wildman–Crippen LogP) is 3.75. The van der Waals surface area contributed by atoms with Gasteiger partial charge in [-0.05, 0) is 38.6 Å². The third-order valence-corrected chi connectivity index (χ3v) is 4.18. The highest BCUT2D eigenvalue weighted by atomic mass is 16.5. The molecule has 0 aromatic carbocycles. The van der Waals surface area contributed by atoms with E-state index in [0.717, 1.165) is 12.5 Å². The molecular weight excluding hydrogens is 210 g/mol. The zero-order valence-electron chi connectivity index (χ0n) is 12.0. The molecule has 0 saturated heterocycles. The van der Waals surface area contributed by atoms with Crippen LogP contribution in [0.2, 0.25) is 0 Å². The summed E-state index contributed by atoms with van der Waals surface area (Å²) in [5.74, 6) is 0.889. The van der Waals surface area contributed by atoms with Crippen LogP contribution in [0.25, 0.3) is 0 Å². The predicted molar refractivity (Wildman–Crippen MR) is 74.4 cm³/mol. The molecule has 1 rings (SSSR count). The van der Waals surface area contributed by atoms with Crippen molar-refractivity contribution in [2.75, 3.05) is 13.7 Å². The molecule has 0 aromatic rings. The van der Waals surface area contributed by atoms with Crippen molar-refractivity contribution in [2.45, 2.75) is 77.4 Å². The quantitative estimate of drug-likeness (QED) is 0.653. The van der Waals surface area contributed by atoms with Gasteiger partial charge in [-0.1, -0.05) is 39.5 Å². The molecule has 1 aliphatic carbocycles. The smallest absolute Gasteiger partial charge is 0.0730 e. The average molecular weight is 241 g/mol. The maximum Gasteiger partial charge on any atom is 0.0730 e. The summed E-state index contributed by atoms with van der Waals surface area (Å²) in [6.07, 6.45) is 10.9. The van der Waals surface area contributed by atoms with Gasteiger partial charge in [-0.3, -0.25) is 0 Å². The van der Waals surface area contributed by atoms with Crippen molar-refractivity contribution in [3.8, 4) is 0 Å². The molecule has 1 fully saturated rings. The average Bonchev–Trinajstić information content (AvgIpc) is 2.38. The zero-order valence-corrected chi connectivity index (χ0v) is 12.0. The first-order valence-electron chi connectivity index (χ1n) is 7.60. The fourth-order valence-electron chi connectivity index (χ4n) is 2.86. The highest BCUT2D eigenvalue weighted by Gasteiger charge is 2.29. The van der Waals surface area contributed by atoms with E-state index in [2.05, 4.69) is 26.2 Å². The second kappa shape index (κ2) is 8.93. The van der Waals surface area contributed by atoms with E-state index in [9.17, 15) is 0 Å². The lowest BCUT2D eigenvalue weighted by Crippen LogP contribution is -2.44. The van der Waals surface area contributed by atoms with Crippen LogP contribution in [0.5, 0.6) is 0 Å². The van der Waals surface area contributed by atoms with Gasteiger partial charge in [0.1, 0.15) is 0 Å². The van der Waals surface area contributed by atoms with E-state index < -0.39 is 0 Å². The van der Waals surface area contributed by atoms with Gasteiger partial charge in [-0.2, -0.15) is 0 Å². The lowest BCUT2D eigenvalue weighted by molar-refractivity contribution is -0.0101. The summed E-state index contributed by atoms with van der Waals surface area (Å²) < 4.78 is 6.10. The van der Waals surface area contributed by atoms with Crippen molar-refractivity contribution in [3.05, 3.63) is 0 Å².